The van der Waals surface area contributed by atoms with E-state index in [-0.39, 0.29) is 17.0 Å². The maximum absolute atomic E-state index is 11.9. The maximum atomic E-state index is 11.9. The highest BCUT2D eigenvalue weighted by Crippen LogP contribution is 2.55. The van der Waals surface area contributed by atoms with E-state index in [1.54, 1.807) is 6.92 Å². The smallest absolute Gasteiger partial charge is 0.351 e. The third-order valence-electron chi connectivity index (χ3n) is 5.89. The van der Waals surface area contributed by atoms with Crippen LogP contribution in [-0.2, 0) is 9.53 Å². The van der Waals surface area contributed by atoms with Crippen LogP contribution in [0.4, 0.5) is 0 Å². The summed E-state index contributed by atoms with van der Waals surface area (Å²) in [7, 11) is -2.18. The SMILES string of the molecule is CCOC(=O)\C=N/N=C(/C=C\c1ccccc1)C[P+](c1ccccc1)(c1ccccc1)c1ccccc1.[Br-]. The van der Waals surface area contributed by atoms with Crippen LogP contribution in [0.1, 0.15) is 12.5 Å². The molecule has 0 N–H and O–H groups in total. The quantitative estimate of drug-likeness (QED) is 0.125. The molecule has 0 saturated heterocycles. The van der Waals surface area contributed by atoms with Gasteiger partial charge in [-0.05, 0) is 55.0 Å². The highest BCUT2D eigenvalue weighted by molar-refractivity contribution is 7.96. The van der Waals surface area contributed by atoms with E-state index in [9.17, 15) is 4.79 Å². The van der Waals surface area contributed by atoms with E-state index < -0.39 is 13.2 Å². The van der Waals surface area contributed by atoms with Gasteiger partial charge >= 0.3 is 5.97 Å². The van der Waals surface area contributed by atoms with Crippen LogP contribution in [0.3, 0.4) is 0 Å². The van der Waals surface area contributed by atoms with Crippen LogP contribution in [0.15, 0.2) is 138 Å². The molecule has 0 bridgehead atoms. The second-order valence-corrected chi connectivity index (χ2v) is 11.8. The van der Waals surface area contributed by atoms with E-state index in [1.165, 1.54) is 15.9 Å². The van der Waals surface area contributed by atoms with Gasteiger partial charge in [-0.25, -0.2) is 4.79 Å². The third kappa shape index (κ3) is 7.44. The Morgan fingerprint density at radius 3 is 1.63 bits per heavy atom. The van der Waals surface area contributed by atoms with Crippen molar-refractivity contribution in [2.75, 3.05) is 12.8 Å². The Balaban J connectivity index is 0.00000400. The minimum Gasteiger partial charge on any atom is -1.00 e. The molecule has 192 valence electrons. The van der Waals surface area contributed by atoms with Crippen LogP contribution in [0, 0.1) is 0 Å². The van der Waals surface area contributed by atoms with Gasteiger partial charge in [0.15, 0.2) is 0 Å². The summed E-state index contributed by atoms with van der Waals surface area (Å²) in [4.78, 5) is 11.9. The number of hydrogen-bond donors (Lipinski definition) is 0. The maximum Gasteiger partial charge on any atom is 0.351 e. The van der Waals surface area contributed by atoms with Gasteiger partial charge in [0.2, 0.25) is 0 Å². The second-order valence-electron chi connectivity index (χ2n) is 8.31. The van der Waals surface area contributed by atoms with Gasteiger partial charge in [0.05, 0.1) is 6.61 Å². The molecule has 0 unspecified atom stereocenters. The fourth-order valence-electron chi connectivity index (χ4n) is 4.22. The summed E-state index contributed by atoms with van der Waals surface area (Å²) < 4.78 is 4.99. The molecule has 4 aromatic rings. The summed E-state index contributed by atoms with van der Waals surface area (Å²) >= 11 is 0. The number of benzene rings is 4. The Bertz CT molecular complexity index is 1260. The Labute approximate surface area is 235 Å². The standard InChI is InChI=1S/C32H30N2O2P.BrH/c1-2-36-32(35)25-33-34-28(24-23-27-15-7-3-8-16-27)26-37(29-17-9-4-10-18-29,30-19-11-5-12-20-30)31-21-13-6-14-22-31;/h3-25H,2,26H2,1H3;1H/q+1;/p-1/b24-23-,33-25-,34-28-;. The molecule has 0 atom stereocenters. The highest BCUT2D eigenvalue weighted by Gasteiger charge is 2.46. The average molecular weight is 585 g/mol. The van der Waals surface area contributed by atoms with Crippen molar-refractivity contribution in [1.82, 2.24) is 0 Å². The zero-order valence-electron chi connectivity index (χ0n) is 21.2. The molecular formula is C32H30BrN2O2P. The number of allylic oxidation sites excluding steroid dienone is 1. The van der Waals surface area contributed by atoms with Gasteiger partial charge in [-0.2, -0.15) is 10.2 Å². The monoisotopic (exact) mass is 584 g/mol. The van der Waals surface area contributed by atoms with E-state index >= 15 is 0 Å². The molecule has 0 radical (unpaired) electrons. The summed E-state index contributed by atoms with van der Waals surface area (Å²) in [6, 6.07) is 42.0. The van der Waals surface area contributed by atoms with Gasteiger partial charge < -0.3 is 21.7 Å². The number of halogens is 1. The Morgan fingerprint density at radius 1 is 0.737 bits per heavy atom. The van der Waals surface area contributed by atoms with Gasteiger partial charge in [-0.15, -0.1) is 0 Å². The van der Waals surface area contributed by atoms with Gasteiger partial charge in [0, 0.05) is 0 Å². The molecule has 0 aliphatic rings. The fourth-order valence-corrected chi connectivity index (χ4v) is 8.36. The lowest BCUT2D eigenvalue weighted by Gasteiger charge is -2.27. The van der Waals surface area contributed by atoms with Crippen molar-refractivity contribution in [1.29, 1.82) is 0 Å². The topological polar surface area (TPSA) is 51.0 Å². The molecule has 0 aromatic heterocycles. The van der Waals surface area contributed by atoms with Crippen molar-refractivity contribution in [2.24, 2.45) is 10.2 Å². The first kappa shape index (κ1) is 28.9. The van der Waals surface area contributed by atoms with E-state index in [0.717, 1.165) is 17.5 Å². The first-order chi connectivity index (χ1) is 18.2. The number of esters is 1. The number of hydrogen-bond acceptors (Lipinski definition) is 4. The normalized spacial score (nSPS) is 11.9. The van der Waals surface area contributed by atoms with E-state index in [1.807, 2.05) is 60.7 Å². The van der Waals surface area contributed by atoms with Crippen molar-refractivity contribution >= 4 is 47.1 Å². The van der Waals surface area contributed by atoms with Crippen molar-refractivity contribution < 1.29 is 26.5 Å². The molecule has 38 heavy (non-hydrogen) atoms. The molecule has 4 nitrogen and oxygen atoms in total. The van der Waals surface area contributed by atoms with Crippen molar-refractivity contribution in [3.63, 3.8) is 0 Å². The van der Waals surface area contributed by atoms with Gasteiger partial charge in [0.25, 0.3) is 0 Å². The number of carbonyl (C=O) groups is 1. The van der Waals surface area contributed by atoms with Gasteiger partial charge in [-0.3, -0.25) is 0 Å². The first-order valence-corrected chi connectivity index (χ1v) is 14.2. The molecule has 0 spiro atoms. The molecule has 0 fully saturated rings. The van der Waals surface area contributed by atoms with E-state index in [4.69, 9.17) is 4.74 Å². The zero-order valence-corrected chi connectivity index (χ0v) is 23.7. The molecule has 4 aromatic carbocycles. The van der Waals surface area contributed by atoms with Crippen molar-refractivity contribution in [3.05, 3.63) is 133 Å². The predicted octanol–water partition coefficient (Wildman–Crippen LogP) is 2.69. The number of nitrogens with zero attached hydrogens (tertiary/aromatic N) is 2. The highest BCUT2D eigenvalue weighted by atomic mass is 79.9. The first-order valence-electron chi connectivity index (χ1n) is 12.3. The summed E-state index contributed by atoms with van der Waals surface area (Å²) in [5.74, 6) is -0.507. The minimum absolute atomic E-state index is 0. The van der Waals surface area contributed by atoms with Crippen LogP contribution in [0.25, 0.3) is 6.08 Å². The summed E-state index contributed by atoms with van der Waals surface area (Å²) in [6.45, 7) is 2.06. The van der Waals surface area contributed by atoms with Crippen LogP contribution < -0.4 is 32.9 Å². The third-order valence-corrected chi connectivity index (χ3v) is 10.2. The van der Waals surface area contributed by atoms with Crippen molar-refractivity contribution in [2.45, 2.75) is 6.92 Å². The van der Waals surface area contributed by atoms with Crippen molar-refractivity contribution in [3.8, 4) is 0 Å². The lowest BCUT2D eigenvalue weighted by molar-refractivity contribution is -0.134. The Hall–Kier alpha value is -3.66. The molecular weight excluding hydrogens is 555 g/mol. The minimum atomic E-state index is -2.18. The van der Waals surface area contributed by atoms with E-state index in [0.29, 0.717) is 12.8 Å². The molecule has 0 heterocycles. The van der Waals surface area contributed by atoms with Crippen LogP contribution in [0.2, 0.25) is 0 Å². The lowest BCUT2D eigenvalue weighted by Crippen LogP contribution is -3.00. The second kappa shape index (κ2) is 14.9. The molecule has 0 amide bonds. The van der Waals surface area contributed by atoms with Crippen LogP contribution >= 0.6 is 7.26 Å². The van der Waals surface area contributed by atoms with E-state index in [2.05, 4.69) is 83.0 Å². The molecule has 0 saturated carbocycles. The number of carbonyl (C=O) groups excluding carboxylic acids is 1. The molecule has 4 rings (SSSR count). The Kier molecular flexibility index (Phi) is 11.4. The summed E-state index contributed by atoms with van der Waals surface area (Å²) in [6.07, 6.45) is 5.80. The molecule has 0 aliphatic carbocycles. The summed E-state index contributed by atoms with van der Waals surface area (Å²) in [5.41, 5.74) is 1.84. The van der Waals surface area contributed by atoms with Gasteiger partial charge in [-0.1, -0.05) is 91.0 Å². The van der Waals surface area contributed by atoms with Crippen LogP contribution in [-0.4, -0.2) is 30.7 Å². The fraction of sp³-hybridized carbons (Fsp3) is 0.0938. The number of rotatable bonds is 10. The summed E-state index contributed by atoms with van der Waals surface area (Å²) in [5, 5.41) is 12.4. The average Bonchev–Trinajstić information content (AvgIpc) is 2.96. The molecule has 6 heteroatoms. The number of ether oxygens (including phenoxy) is 1. The van der Waals surface area contributed by atoms with Crippen LogP contribution in [0.5, 0.6) is 0 Å². The largest absolute Gasteiger partial charge is 1.00 e. The molecule has 0 aliphatic heterocycles. The van der Waals surface area contributed by atoms with Gasteiger partial charge in [0.1, 0.15) is 41.3 Å². The lowest BCUT2D eigenvalue weighted by atomic mass is 10.2. The zero-order chi connectivity index (χ0) is 25.8. The Morgan fingerprint density at radius 2 is 1.18 bits per heavy atom. The predicted molar refractivity (Wildman–Crippen MR) is 158 cm³/mol.